The topological polar surface area (TPSA) is 91.2 Å². The summed E-state index contributed by atoms with van der Waals surface area (Å²) in [5, 5.41) is 13.8. The Morgan fingerprint density at radius 2 is 2.04 bits per heavy atom. The minimum Gasteiger partial charge on any atom is -0.390 e. The van der Waals surface area contributed by atoms with Crippen LogP contribution < -0.4 is 5.32 Å². The number of pyridine rings is 1. The molecule has 2 N–H and O–H groups in total. The number of aromatic nitrogens is 3. The van der Waals surface area contributed by atoms with Crippen LogP contribution in [0, 0.1) is 0 Å². The van der Waals surface area contributed by atoms with Gasteiger partial charge in [-0.3, -0.25) is 14.7 Å². The van der Waals surface area contributed by atoms with Crippen molar-refractivity contribution < 1.29 is 9.90 Å². The lowest BCUT2D eigenvalue weighted by molar-refractivity contribution is -0.120. The van der Waals surface area contributed by atoms with Gasteiger partial charge in [-0.25, -0.2) is 9.97 Å². The molecule has 7 nitrogen and oxygen atoms in total. The van der Waals surface area contributed by atoms with E-state index in [1.807, 2.05) is 18.2 Å². The molecule has 8 heteroatoms. The van der Waals surface area contributed by atoms with E-state index in [1.54, 1.807) is 24.7 Å². The van der Waals surface area contributed by atoms with Crippen LogP contribution in [-0.4, -0.2) is 61.9 Å². The van der Waals surface area contributed by atoms with Crippen molar-refractivity contribution in [3.63, 3.8) is 0 Å². The van der Waals surface area contributed by atoms with Crippen molar-refractivity contribution in [1.29, 1.82) is 0 Å². The molecule has 0 spiro atoms. The number of likely N-dealkylation sites (tertiary alicyclic amines) is 1. The van der Waals surface area contributed by atoms with E-state index in [0.29, 0.717) is 24.7 Å². The molecule has 1 aliphatic rings. The quantitative estimate of drug-likeness (QED) is 0.580. The van der Waals surface area contributed by atoms with E-state index in [4.69, 9.17) is 0 Å². The Bertz CT molecular complexity index is 673. The molecule has 2 aromatic heterocycles. The highest BCUT2D eigenvalue weighted by Gasteiger charge is 2.28. The first-order valence-electron chi connectivity index (χ1n) is 8.20. The number of amides is 1. The first-order valence-corrected chi connectivity index (χ1v) is 9.19. The van der Waals surface area contributed by atoms with Crippen molar-refractivity contribution in [2.45, 2.75) is 30.3 Å². The maximum absolute atomic E-state index is 12.1. The van der Waals surface area contributed by atoms with Gasteiger partial charge in [0.2, 0.25) is 5.91 Å². The summed E-state index contributed by atoms with van der Waals surface area (Å²) < 4.78 is 0. The van der Waals surface area contributed by atoms with Gasteiger partial charge in [0, 0.05) is 38.2 Å². The second-order valence-corrected chi connectivity index (χ2v) is 6.85. The molecular formula is C17H21N5O2S. The number of thioether (sulfide) groups is 1. The Morgan fingerprint density at radius 3 is 2.76 bits per heavy atom. The van der Waals surface area contributed by atoms with Crippen molar-refractivity contribution in [2.24, 2.45) is 0 Å². The lowest BCUT2D eigenvalue weighted by Gasteiger charge is -2.36. The number of β-amino-alcohol motifs (C(OH)–C–C–N with tert-alkyl or cyclic N) is 1. The molecule has 1 fully saturated rings. The van der Waals surface area contributed by atoms with Gasteiger partial charge in [-0.15, -0.1) is 0 Å². The first kappa shape index (κ1) is 17.8. The molecule has 1 amide bonds. The van der Waals surface area contributed by atoms with Gasteiger partial charge in [0.1, 0.15) is 0 Å². The van der Waals surface area contributed by atoms with Crippen LogP contribution in [0.15, 0.2) is 48.0 Å². The summed E-state index contributed by atoms with van der Waals surface area (Å²) in [6.07, 6.45) is 5.20. The van der Waals surface area contributed by atoms with E-state index in [1.165, 1.54) is 11.8 Å². The largest absolute Gasteiger partial charge is 0.390 e. The van der Waals surface area contributed by atoms with Crippen LogP contribution >= 0.6 is 11.8 Å². The Balaban J connectivity index is 1.43. The third-order valence-corrected chi connectivity index (χ3v) is 4.87. The van der Waals surface area contributed by atoms with Gasteiger partial charge in [0.25, 0.3) is 0 Å². The van der Waals surface area contributed by atoms with Crippen molar-refractivity contribution >= 4 is 17.7 Å². The molecule has 3 rings (SSSR count). The molecule has 0 aromatic carbocycles. The smallest absolute Gasteiger partial charge is 0.230 e. The molecule has 0 bridgehead atoms. The average Bonchev–Trinajstić information content (AvgIpc) is 2.64. The molecule has 132 valence electrons. The van der Waals surface area contributed by atoms with Crippen LogP contribution in [0.25, 0.3) is 0 Å². The molecule has 2 atom stereocenters. The number of aliphatic hydroxyl groups is 1. The predicted molar refractivity (Wildman–Crippen MR) is 94.8 cm³/mol. The standard InChI is InChI=1S/C17H21N5O2S/c23-15-11-22(10-13-4-1-2-6-18-13)9-5-14(15)21-16(24)12-25-17-19-7-3-8-20-17/h1-4,6-8,14-15,23H,5,9-12H2,(H,21,24)/t14-,15-/m1/s1. The first-order chi connectivity index (χ1) is 12.2. The molecule has 0 saturated carbocycles. The predicted octanol–water partition coefficient (Wildman–Crippen LogP) is 0.715. The van der Waals surface area contributed by atoms with Crippen LogP contribution in [0.5, 0.6) is 0 Å². The van der Waals surface area contributed by atoms with E-state index in [0.717, 1.165) is 12.2 Å². The Labute approximate surface area is 150 Å². The maximum atomic E-state index is 12.1. The third kappa shape index (κ3) is 5.48. The second kappa shape index (κ2) is 8.89. The van der Waals surface area contributed by atoms with Crippen molar-refractivity contribution in [2.75, 3.05) is 18.8 Å². The highest BCUT2D eigenvalue weighted by atomic mass is 32.2. The van der Waals surface area contributed by atoms with E-state index in [2.05, 4.69) is 25.2 Å². The molecule has 25 heavy (non-hydrogen) atoms. The van der Waals surface area contributed by atoms with E-state index in [9.17, 15) is 9.90 Å². The number of rotatable bonds is 6. The zero-order valence-corrected chi connectivity index (χ0v) is 14.6. The molecule has 0 aliphatic carbocycles. The summed E-state index contributed by atoms with van der Waals surface area (Å²) in [4.78, 5) is 26.7. The molecule has 2 aromatic rings. The third-order valence-electron chi connectivity index (χ3n) is 4.00. The van der Waals surface area contributed by atoms with Gasteiger partial charge in [0.15, 0.2) is 5.16 Å². The molecule has 0 unspecified atom stereocenters. The lowest BCUT2D eigenvalue weighted by Crippen LogP contribution is -2.54. The minimum absolute atomic E-state index is 0.111. The fourth-order valence-corrected chi connectivity index (χ4v) is 3.38. The number of nitrogens with zero attached hydrogens (tertiary/aromatic N) is 4. The van der Waals surface area contributed by atoms with Crippen molar-refractivity contribution in [3.8, 4) is 0 Å². The summed E-state index contributed by atoms with van der Waals surface area (Å²) >= 11 is 1.29. The van der Waals surface area contributed by atoms with Crippen LogP contribution in [0.1, 0.15) is 12.1 Å². The molecule has 0 radical (unpaired) electrons. The zero-order valence-electron chi connectivity index (χ0n) is 13.8. The Kier molecular flexibility index (Phi) is 6.32. The molecule has 1 aliphatic heterocycles. The average molecular weight is 359 g/mol. The fourth-order valence-electron chi connectivity index (χ4n) is 2.77. The van der Waals surface area contributed by atoms with Gasteiger partial charge < -0.3 is 10.4 Å². The molecule has 3 heterocycles. The summed E-state index contributed by atoms with van der Waals surface area (Å²) in [5.74, 6) is 0.130. The normalized spacial score (nSPS) is 21.0. The van der Waals surface area contributed by atoms with Gasteiger partial charge in [-0.1, -0.05) is 17.8 Å². The summed E-state index contributed by atoms with van der Waals surface area (Å²) in [5.41, 5.74) is 0.983. The molecular weight excluding hydrogens is 338 g/mol. The highest BCUT2D eigenvalue weighted by Crippen LogP contribution is 2.15. The lowest BCUT2D eigenvalue weighted by atomic mass is 10.0. The maximum Gasteiger partial charge on any atom is 0.230 e. The van der Waals surface area contributed by atoms with Gasteiger partial charge >= 0.3 is 0 Å². The zero-order chi connectivity index (χ0) is 17.5. The second-order valence-electron chi connectivity index (χ2n) is 5.91. The molecule has 1 saturated heterocycles. The number of hydrogen-bond acceptors (Lipinski definition) is 7. The summed E-state index contributed by atoms with van der Waals surface area (Å²) in [7, 11) is 0. The Hall–Kier alpha value is -2.03. The van der Waals surface area contributed by atoms with E-state index >= 15 is 0 Å². The fraction of sp³-hybridized carbons (Fsp3) is 0.412. The number of aliphatic hydroxyl groups excluding tert-OH is 1. The van der Waals surface area contributed by atoms with Crippen LogP contribution in [0.2, 0.25) is 0 Å². The van der Waals surface area contributed by atoms with Crippen LogP contribution in [-0.2, 0) is 11.3 Å². The monoisotopic (exact) mass is 359 g/mol. The van der Waals surface area contributed by atoms with Crippen molar-refractivity contribution in [3.05, 3.63) is 48.5 Å². The number of hydrogen-bond donors (Lipinski definition) is 2. The number of nitrogens with one attached hydrogen (secondary N) is 1. The minimum atomic E-state index is -0.584. The van der Waals surface area contributed by atoms with Crippen LogP contribution in [0.3, 0.4) is 0 Å². The number of carbonyl (C=O) groups excluding carboxylic acids is 1. The van der Waals surface area contributed by atoms with Crippen LogP contribution in [0.4, 0.5) is 0 Å². The summed E-state index contributed by atoms with van der Waals surface area (Å²) in [6, 6.07) is 7.34. The number of carbonyl (C=O) groups is 1. The van der Waals surface area contributed by atoms with Gasteiger partial charge in [-0.05, 0) is 24.6 Å². The van der Waals surface area contributed by atoms with E-state index in [-0.39, 0.29) is 17.7 Å². The Morgan fingerprint density at radius 1 is 1.24 bits per heavy atom. The SMILES string of the molecule is O=C(CSc1ncccn1)N[C@@H]1CCN(Cc2ccccn2)C[C@H]1O. The summed E-state index contributed by atoms with van der Waals surface area (Å²) in [6.45, 7) is 2.05. The highest BCUT2D eigenvalue weighted by molar-refractivity contribution is 7.99. The van der Waals surface area contributed by atoms with Gasteiger partial charge in [0.05, 0.1) is 23.6 Å². The van der Waals surface area contributed by atoms with Crippen molar-refractivity contribution in [1.82, 2.24) is 25.2 Å². The van der Waals surface area contributed by atoms with Gasteiger partial charge in [-0.2, -0.15) is 0 Å². The van der Waals surface area contributed by atoms with E-state index < -0.39 is 6.10 Å². The number of piperidine rings is 1.